The van der Waals surface area contributed by atoms with Gasteiger partial charge in [-0.25, -0.2) is 0 Å². The molecule has 0 spiro atoms. The molecule has 1 fully saturated rings. The van der Waals surface area contributed by atoms with Crippen molar-refractivity contribution in [2.75, 3.05) is 7.11 Å². The van der Waals surface area contributed by atoms with E-state index in [-0.39, 0.29) is 0 Å². The van der Waals surface area contributed by atoms with Gasteiger partial charge >= 0.3 is 0 Å². The monoisotopic (exact) mass is 402 g/mol. The Morgan fingerprint density at radius 3 is 2.80 bits per heavy atom. The number of ether oxygens (including phenoxy) is 1. The van der Waals surface area contributed by atoms with Crippen LogP contribution in [0.25, 0.3) is 0 Å². The number of alkyl halides is 1. The highest BCUT2D eigenvalue weighted by Crippen LogP contribution is 2.39. The highest BCUT2D eigenvalue weighted by molar-refractivity contribution is 9.10. The Kier molecular flexibility index (Phi) is 6.41. The van der Waals surface area contributed by atoms with E-state index in [1.807, 2.05) is 0 Å². The summed E-state index contributed by atoms with van der Waals surface area (Å²) in [6.07, 6.45) is 7.84. The van der Waals surface area contributed by atoms with Crippen LogP contribution in [0.4, 0.5) is 0 Å². The average Bonchev–Trinajstić information content (AvgIpc) is 2.43. The Hall–Kier alpha value is -0.0200. The maximum atomic E-state index is 5.52. The van der Waals surface area contributed by atoms with E-state index in [2.05, 4.69) is 57.0 Å². The third-order valence-electron chi connectivity index (χ3n) is 4.42. The van der Waals surface area contributed by atoms with Crippen LogP contribution in [0.5, 0.6) is 5.75 Å². The minimum atomic E-state index is 0.652. The molecule has 0 amide bonds. The lowest BCUT2D eigenvalue weighted by Crippen LogP contribution is -2.27. The molecule has 20 heavy (non-hydrogen) atoms. The highest BCUT2D eigenvalue weighted by Gasteiger charge is 2.29. The lowest BCUT2D eigenvalue weighted by molar-refractivity contribution is 0.261. The molecular formula is C17H24Br2O. The van der Waals surface area contributed by atoms with Crippen LogP contribution in [0.3, 0.4) is 0 Å². The summed E-state index contributed by atoms with van der Waals surface area (Å²) in [5.74, 6) is 2.66. The predicted molar refractivity (Wildman–Crippen MR) is 92.9 cm³/mol. The molecule has 1 aromatic carbocycles. The molecule has 1 nitrogen and oxygen atoms in total. The van der Waals surface area contributed by atoms with E-state index in [9.17, 15) is 0 Å². The fourth-order valence-electron chi connectivity index (χ4n) is 3.40. The first kappa shape index (κ1) is 16.4. The molecule has 3 heteroatoms. The van der Waals surface area contributed by atoms with E-state index < -0.39 is 0 Å². The van der Waals surface area contributed by atoms with Crippen LogP contribution < -0.4 is 4.74 Å². The predicted octanol–water partition coefficient (Wildman–Crippen LogP) is 5.98. The summed E-state index contributed by atoms with van der Waals surface area (Å²) in [6.45, 7) is 2.30. The number of methoxy groups -OCH3 is 1. The van der Waals surface area contributed by atoms with Crippen molar-refractivity contribution in [3.05, 3.63) is 28.2 Å². The van der Waals surface area contributed by atoms with Gasteiger partial charge in [-0.2, -0.15) is 0 Å². The molecule has 0 aliphatic heterocycles. The Labute approximate surface area is 139 Å². The highest BCUT2D eigenvalue weighted by atomic mass is 79.9. The molecule has 3 unspecified atom stereocenters. The number of benzene rings is 1. The average molecular weight is 404 g/mol. The van der Waals surface area contributed by atoms with Gasteiger partial charge in [-0.1, -0.05) is 51.6 Å². The Morgan fingerprint density at radius 2 is 2.10 bits per heavy atom. The zero-order chi connectivity index (χ0) is 14.5. The topological polar surface area (TPSA) is 9.23 Å². The van der Waals surface area contributed by atoms with Crippen molar-refractivity contribution in [3.63, 3.8) is 0 Å². The fraction of sp³-hybridized carbons (Fsp3) is 0.647. The van der Waals surface area contributed by atoms with Gasteiger partial charge < -0.3 is 4.74 Å². The molecule has 112 valence electrons. The molecule has 1 aromatic rings. The summed E-state index contributed by atoms with van der Waals surface area (Å²) in [4.78, 5) is 0.652. The van der Waals surface area contributed by atoms with E-state index in [0.29, 0.717) is 4.83 Å². The van der Waals surface area contributed by atoms with Crippen molar-refractivity contribution in [1.82, 2.24) is 0 Å². The summed E-state index contributed by atoms with van der Waals surface area (Å²) >= 11 is 7.48. The van der Waals surface area contributed by atoms with Crippen molar-refractivity contribution in [2.45, 2.75) is 50.3 Å². The number of hydrogen-bond acceptors (Lipinski definition) is 1. The van der Waals surface area contributed by atoms with Gasteiger partial charge in [0.25, 0.3) is 0 Å². The zero-order valence-corrected chi connectivity index (χ0v) is 15.5. The Balaban J connectivity index is 2.09. The third kappa shape index (κ3) is 4.24. The second-order valence-corrected chi connectivity index (χ2v) is 8.00. The molecule has 2 rings (SSSR count). The number of rotatable bonds is 5. The fourth-order valence-corrected chi connectivity index (χ4v) is 4.47. The maximum absolute atomic E-state index is 5.52. The third-order valence-corrected chi connectivity index (χ3v) is 6.12. The molecule has 0 N–H and O–H groups in total. The lowest BCUT2D eigenvalue weighted by atomic mass is 9.77. The van der Waals surface area contributed by atoms with Crippen molar-refractivity contribution in [1.29, 1.82) is 0 Å². The van der Waals surface area contributed by atoms with Crippen LogP contribution in [0.15, 0.2) is 22.7 Å². The zero-order valence-electron chi connectivity index (χ0n) is 12.4. The summed E-state index contributed by atoms with van der Waals surface area (Å²) in [5, 5.41) is 0. The van der Waals surface area contributed by atoms with Crippen LogP contribution in [0.1, 0.15) is 44.6 Å². The van der Waals surface area contributed by atoms with Crippen LogP contribution in [0.2, 0.25) is 0 Å². The van der Waals surface area contributed by atoms with E-state index >= 15 is 0 Å². The molecule has 0 bridgehead atoms. The molecule has 0 heterocycles. The minimum absolute atomic E-state index is 0.652. The molecule has 1 aliphatic rings. The first-order valence-corrected chi connectivity index (χ1v) is 9.31. The van der Waals surface area contributed by atoms with Crippen LogP contribution in [0, 0.1) is 11.8 Å². The van der Waals surface area contributed by atoms with Crippen molar-refractivity contribution in [2.24, 2.45) is 11.8 Å². The van der Waals surface area contributed by atoms with Gasteiger partial charge in [0.1, 0.15) is 5.75 Å². The van der Waals surface area contributed by atoms with Gasteiger partial charge in [-0.15, -0.1) is 0 Å². The van der Waals surface area contributed by atoms with Crippen molar-refractivity contribution >= 4 is 31.9 Å². The summed E-state index contributed by atoms with van der Waals surface area (Å²) in [6, 6.07) is 6.33. The van der Waals surface area contributed by atoms with Gasteiger partial charge in [0.05, 0.1) is 7.11 Å². The van der Waals surface area contributed by atoms with Crippen molar-refractivity contribution < 1.29 is 4.74 Å². The summed E-state index contributed by atoms with van der Waals surface area (Å²) < 4.78 is 6.65. The standard InChI is InChI=1S/C17H24Br2O/c1-3-4-12-5-7-16(19)13(9-12)10-14-11-15(18)6-8-17(14)20-2/h6,8,11-13,16H,3-5,7,9-10H2,1-2H3. The molecule has 1 aliphatic carbocycles. The molecule has 1 saturated carbocycles. The molecule has 3 atom stereocenters. The molecule has 0 radical (unpaired) electrons. The molecule has 0 saturated heterocycles. The molecular weight excluding hydrogens is 380 g/mol. The Bertz CT molecular complexity index is 433. The summed E-state index contributed by atoms with van der Waals surface area (Å²) in [5.41, 5.74) is 1.33. The van der Waals surface area contributed by atoms with Crippen LogP contribution in [-0.4, -0.2) is 11.9 Å². The van der Waals surface area contributed by atoms with E-state index in [1.54, 1.807) is 7.11 Å². The van der Waals surface area contributed by atoms with Gasteiger partial charge in [0.15, 0.2) is 0 Å². The second kappa shape index (κ2) is 7.84. The molecule has 0 aromatic heterocycles. The smallest absolute Gasteiger partial charge is 0.122 e. The van der Waals surface area contributed by atoms with Gasteiger partial charge in [0.2, 0.25) is 0 Å². The normalized spacial score (nSPS) is 26.5. The lowest BCUT2D eigenvalue weighted by Gasteiger charge is -2.33. The number of halogens is 2. The van der Waals surface area contributed by atoms with E-state index in [4.69, 9.17) is 4.74 Å². The second-order valence-electron chi connectivity index (χ2n) is 5.90. The van der Waals surface area contributed by atoms with Gasteiger partial charge in [0, 0.05) is 9.30 Å². The largest absolute Gasteiger partial charge is 0.496 e. The Morgan fingerprint density at radius 1 is 1.30 bits per heavy atom. The first-order valence-electron chi connectivity index (χ1n) is 7.60. The summed E-state index contributed by atoms with van der Waals surface area (Å²) in [7, 11) is 1.76. The van der Waals surface area contributed by atoms with E-state index in [0.717, 1.165) is 28.5 Å². The van der Waals surface area contributed by atoms with Gasteiger partial charge in [-0.05, 0) is 61.3 Å². The number of hydrogen-bond donors (Lipinski definition) is 0. The van der Waals surface area contributed by atoms with Crippen LogP contribution >= 0.6 is 31.9 Å². The maximum Gasteiger partial charge on any atom is 0.122 e. The SMILES string of the molecule is CCCC1CCC(Br)C(Cc2cc(Br)ccc2OC)C1. The van der Waals surface area contributed by atoms with Crippen LogP contribution in [-0.2, 0) is 6.42 Å². The quantitative estimate of drug-likeness (QED) is 0.549. The van der Waals surface area contributed by atoms with Crippen molar-refractivity contribution in [3.8, 4) is 5.75 Å². The van der Waals surface area contributed by atoms with Gasteiger partial charge in [-0.3, -0.25) is 0 Å². The first-order chi connectivity index (χ1) is 9.63. The van der Waals surface area contributed by atoms with E-state index in [1.165, 1.54) is 37.7 Å². The minimum Gasteiger partial charge on any atom is -0.496 e.